The third-order valence-electron chi connectivity index (χ3n) is 2.49. The summed E-state index contributed by atoms with van der Waals surface area (Å²) in [6.07, 6.45) is 3.66. The van der Waals surface area contributed by atoms with Gasteiger partial charge in [-0.25, -0.2) is 4.98 Å². The molecule has 0 saturated carbocycles. The molecule has 0 aliphatic heterocycles. The van der Waals surface area contributed by atoms with Crippen molar-refractivity contribution in [2.45, 2.75) is 12.5 Å². The summed E-state index contributed by atoms with van der Waals surface area (Å²) in [7, 11) is 0. The predicted octanol–water partition coefficient (Wildman–Crippen LogP) is 2.31. The molecule has 1 unspecified atom stereocenters. The van der Waals surface area contributed by atoms with Crippen molar-refractivity contribution >= 4 is 17.5 Å². The largest absolute Gasteiger partial charge is 0.447 e. The number of hydrogen-bond donors (Lipinski definition) is 1. The van der Waals surface area contributed by atoms with Gasteiger partial charge in [0.25, 0.3) is 0 Å². The zero-order valence-corrected chi connectivity index (χ0v) is 10.4. The quantitative estimate of drug-likeness (QED) is 0.843. The van der Waals surface area contributed by atoms with Crippen molar-refractivity contribution in [3.05, 3.63) is 54.2 Å². The van der Waals surface area contributed by atoms with Crippen molar-refractivity contribution in [3.8, 4) is 0 Å². The van der Waals surface area contributed by atoms with E-state index in [4.69, 9.17) is 16.0 Å². The molecule has 0 aliphatic rings. The first-order valence-corrected chi connectivity index (χ1v) is 6.11. The maximum absolute atomic E-state index is 11.4. The summed E-state index contributed by atoms with van der Waals surface area (Å²) in [5.74, 6) is 0.166. The standard InChI is InChI=1S/C13H13ClN2O2/c14-9-12(17)16-11(13-15-6-7-18-13)8-10-4-2-1-3-5-10/h1-7,11H,8-9H2,(H,16,17). The molecule has 1 aromatic carbocycles. The normalized spacial score (nSPS) is 12.1. The summed E-state index contributed by atoms with van der Waals surface area (Å²) in [4.78, 5) is 15.5. The van der Waals surface area contributed by atoms with Gasteiger partial charge in [-0.15, -0.1) is 11.6 Å². The highest BCUT2D eigenvalue weighted by molar-refractivity contribution is 6.27. The number of aromatic nitrogens is 1. The van der Waals surface area contributed by atoms with Crippen LogP contribution in [0.3, 0.4) is 0 Å². The molecular formula is C13H13ClN2O2. The van der Waals surface area contributed by atoms with Crippen LogP contribution in [0.1, 0.15) is 17.5 Å². The Hall–Kier alpha value is -1.81. The van der Waals surface area contributed by atoms with Crippen LogP contribution in [0.4, 0.5) is 0 Å². The van der Waals surface area contributed by atoms with E-state index in [1.165, 1.54) is 6.26 Å². The molecule has 18 heavy (non-hydrogen) atoms. The highest BCUT2D eigenvalue weighted by atomic mass is 35.5. The van der Waals surface area contributed by atoms with E-state index in [1.54, 1.807) is 6.20 Å². The number of hydrogen-bond acceptors (Lipinski definition) is 3. The van der Waals surface area contributed by atoms with Crippen molar-refractivity contribution in [2.75, 3.05) is 5.88 Å². The first kappa shape index (κ1) is 12.6. The number of alkyl halides is 1. The molecule has 0 spiro atoms. The Bertz CT molecular complexity index is 485. The van der Waals surface area contributed by atoms with Crippen LogP contribution in [0, 0.1) is 0 Å². The fourth-order valence-corrected chi connectivity index (χ4v) is 1.77. The van der Waals surface area contributed by atoms with E-state index in [1.807, 2.05) is 30.3 Å². The third kappa shape index (κ3) is 3.34. The monoisotopic (exact) mass is 264 g/mol. The van der Waals surface area contributed by atoms with Gasteiger partial charge in [0.2, 0.25) is 11.8 Å². The minimum Gasteiger partial charge on any atom is -0.447 e. The van der Waals surface area contributed by atoms with Crippen LogP contribution in [-0.2, 0) is 11.2 Å². The maximum atomic E-state index is 11.4. The molecule has 2 rings (SSSR count). The number of halogens is 1. The molecule has 1 heterocycles. The van der Waals surface area contributed by atoms with E-state index in [-0.39, 0.29) is 17.8 Å². The summed E-state index contributed by atoms with van der Waals surface area (Å²) < 4.78 is 5.24. The van der Waals surface area contributed by atoms with Gasteiger partial charge < -0.3 is 9.73 Å². The molecule has 0 fully saturated rings. The second-order valence-electron chi connectivity index (χ2n) is 3.81. The lowest BCUT2D eigenvalue weighted by molar-refractivity contribution is -0.119. The summed E-state index contributed by atoms with van der Waals surface area (Å²) in [6.45, 7) is 0. The number of benzene rings is 1. The average Bonchev–Trinajstić information content (AvgIpc) is 2.93. The van der Waals surface area contributed by atoms with Gasteiger partial charge in [-0.1, -0.05) is 30.3 Å². The van der Waals surface area contributed by atoms with Crippen molar-refractivity contribution in [1.82, 2.24) is 10.3 Å². The Morgan fingerprint density at radius 2 is 2.17 bits per heavy atom. The predicted molar refractivity (Wildman–Crippen MR) is 68.3 cm³/mol. The lowest BCUT2D eigenvalue weighted by Crippen LogP contribution is -2.31. The molecule has 1 N–H and O–H groups in total. The van der Waals surface area contributed by atoms with Crippen molar-refractivity contribution in [2.24, 2.45) is 0 Å². The van der Waals surface area contributed by atoms with E-state index >= 15 is 0 Å². The van der Waals surface area contributed by atoms with Crippen LogP contribution >= 0.6 is 11.6 Å². The smallest absolute Gasteiger partial charge is 0.235 e. The summed E-state index contributed by atoms with van der Waals surface area (Å²) in [5.41, 5.74) is 1.09. The zero-order valence-electron chi connectivity index (χ0n) is 9.67. The Labute approximate surface area is 110 Å². The number of carbonyl (C=O) groups excluding carboxylic acids is 1. The first-order valence-electron chi connectivity index (χ1n) is 5.58. The number of nitrogens with one attached hydrogen (secondary N) is 1. The molecular weight excluding hydrogens is 252 g/mol. The molecule has 1 aromatic heterocycles. The summed E-state index contributed by atoms with van der Waals surface area (Å²) in [6, 6.07) is 9.53. The highest BCUT2D eigenvalue weighted by Gasteiger charge is 2.18. The molecule has 5 heteroatoms. The number of carbonyl (C=O) groups is 1. The first-order chi connectivity index (χ1) is 8.79. The van der Waals surface area contributed by atoms with Gasteiger partial charge in [0.1, 0.15) is 18.2 Å². The minimum absolute atomic E-state index is 0.0774. The van der Waals surface area contributed by atoms with Crippen LogP contribution in [0.5, 0.6) is 0 Å². The minimum atomic E-state index is -0.298. The molecule has 0 aliphatic carbocycles. The molecule has 0 bridgehead atoms. The third-order valence-corrected chi connectivity index (χ3v) is 2.73. The summed E-state index contributed by atoms with van der Waals surface area (Å²) >= 11 is 5.50. The van der Waals surface area contributed by atoms with E-state index < -0.39 is 0 Å². The van der Waals surface area contributed by atoms with Crippen LogP contribution in [-0.4, -0.2) is 16.8 Å². The molecule has 94 valence electrons. The molecule has 2 aromatic rings. The van der Waals surface area contributed by atoms with E-state index in [2.05, 4.69) is 10.3 Å². The number of amides is 1. The lowest BCUT2D eigenvalue weighted by Gasteiger charge is -2.14. The van der Waals surface area contributed by atoms with Gasteiger partial charge in [-0.2, -0.15) is 0 Å². The van der Waals surface area contributed by atoms with Crippen molar-refractivity contribution < 1.29 is 9.21 Å². The zero-order chi connectivity index (χ0) is 12.8. The second-order valence-corrected chi connectivity index (χ2v) is 4.08. The molecule has 4 nitrogen and oxygen atoms in total. The Kier molecular flexibility index (Phi) is 4.36. The van der Waals surface area contributed by atoms with Gasteiger partial charge in [-0.05, 0) is 5.56 Å². The molecule has 1 atom stereocenters. The van der Waals surface area contributed by atoms with Crippen molar-refractivity contribution in [1.29, 1.82) is 0 Å². The van der Waals surface area contributed by atoms with Gasteiger partial charge in [0.05, 0.1) is 6.20 Å². The van der Waals surface area contributed by atoms with Crippen LogP contribution in [0.15, 0.2) is 47.2 Å². The summed E-state index contributed by atoms with van der Waals surface area (Å²) in [5, 5.41) is 2.79. The number of rotatable bonds is 5. The van der Waals surface area contributed by atoms with Crippen LogP contribution < -0.4 is 5.32 Å². The number of nitrogens with zero attached hydrogens (tertiary/aromatic N) is 1. The Balaban J connectivity index is 2.12. The Morgan fingerprint density at radius 3 is 2.78 bits per heavy atom. The van der Waals surface area contributed by atoms with Crippen molar-refractivity contribution in [3.63, 3.8) is 0 Å². The second kappa shape index (κ2) is 6.21. The van der Waals surface area contributed by atoms with Gasteiger partial charge in [-0.3, -0.25) is 4.79 Å². The lowest BCUT2D eigenvalue weighted by atomic mass is 10.1. The Morgan fingerprint density at radius 1 is 1.39 bits per heavy atom. The fourth-order valence-electron chi connectivity index (χ4n) is 1.69. The van der Waals surface area contributed by atoms with Gasteiger partial charge in [0.15, 0.2) is 0 Å². The van der Waals surface area contributed by atoms with Gasteiger partial charge >= 0.3 is 0 Å². The number of oxazole rings is 1. The van der Waals surface area contributed by atoms with E-state index in [0.717, 1.165) is 5.56 Å². The fraction of sp³-hybridized carbons (Fsp3) is 0.231. The van der Waals surface area contributed by atoms with Crippen LogP contribution in [0.25, 0.3) is 0 Å². The maximum Gasteiger partial charge on any atom is 0.235 e. The van der Waals surface area contributed by atoms with Crippen LogP contribution in [0.2, 0.25) is 0 Å². The van der Waals surface area contributed by atoms with E-state index in [0.29, 0.717) is 12.3 Å². The topological polar surface area (TPSA) is 55.1 Å². The van der Waals surface area contributed by atoms with E-state index in [9.17, 15) is 4.79 Å². The van der Waals surface area contributed by atoms with Gasteiger partial charge in [0, 0.05) is 6.42 Å². The highest BCUT2D eigenvalue weighted by Crippen LogP contribution is 2.16. The molecule has 0 radical (unpaired) electrons. The molecule has 1 amide bonds. The average molecular weight is 265 g/mol. The SMILES string of the molecule is O=C(CCl)NC(Cc1ccccc1)c1ncco1. The molecule has 0 saturated heterocycles.